The summed E-state index contributed by atoms with van der Waals surface area (Å²) in [5.74, 6) is 0. The van der Waals surface area contributed by atoms with Crippen molar-refractivity contribution >= 4 is 10.0 Å². The zero-order valence-electron chi connectivity index (χ0n) is 11.7. The van der Waals surface area contributed by atoms with Gasteiger partial charge in [0.1, 0.15) is 4.90 Å². The van der Waals surface area contributed by atoms with Crippen molar-refractivity contribution < 1.29 is 8.42 Å². The van der Waals surface area contributed by atoms with Gasteiger partial charge in [0.15, 0.2) is 0 Å². The Hall–Kier alpha value is -1.02. The van der Waals surface area contributed by atoms with Gasteiger partial charge in [-0.1, -0.05) is 0 Å². The van der Waals surface area contributed by atoms with E-state index < -0.39 is 10.0 Å². The highest BCUT2D eigenvalue weighted by Crippen LogP contribution is 2.14. The van der Waals surface area contributed by atoms with Gasteiger partial charge in [0, 0.05) is 25.3 Å². The molecule has 112 valence electrons. The van der Waals surface area contributed by atoms with Crippen molar-refractivity contribution in [2.75, 3.05) is 19.6 Å². The summed E-state index contributed by atoms with van der Waals surface area (Å²) in [6.45, 7) is 4.82. The number of aromatic nitrogens is 1. The third kappa shape index (κ3) is 3.76. The first-order valence-electron chi connectivity index (χ1n) is 6.91. The number of pyridine rings is 1. The fourth-order valence-corrected chi connectivity index (χ4v) is 3.97. The molecule has 1 aliphatic heterocycles. The highest BCUT2D eigenvalue weighted by atomic mass is 32.2. The second kappa shape index (κ2) is 6.62. The fourth-order valence-electron chi connectivity index (χ4n) is 2.54. The Kier molecular flexibility index (Phi) is 5.09. The average molecular weight is 298 g/mol. The molecule has 3 N–H and O–H groups in total. The quantitative estimate of drug-likeness (QED) is 0.789. The van der Waals surface area contributed by atoms with Gasteiger partial charge in [-0.2, -0.15) is 0 Å². The minimum absolute atomic E-state index is 0.109. The molecule has 0 spiro atoms. The maximum Gasteiger partial charge on any atom is 0.242 e. The third-order valence-corrected chi connectivity index (χ3v) is 5.08. The number of nitrogens with one attached hydrogen (secondary N) is 1. The molecule has 2 heterocycles. The van der Waals surface area contributed by atoms with E-state index in [0.717, 1.165) is 19.6 Å². The van der Waals surface area contributed by atoms with Gasteiger partial charge in [-0.25, -0.2) is 13.1 Å². The summed E-state index contributed by atoms with van der Waals surface area (Å²) >= 11 is 0. The normalized spacial score (nSPS) is 18.3. The molecule has 0 amide bonds. The molecule has 20 heavy (non-hydrogen) atoms. The van der Waals surface area contributed by atoms with Crippen molar-refractivity contribution in [3.8, 4) is 0 Å². The molecular formula is C13H22N4O2S. The van der Waals surface area contributed by atoms with Crippen LogP contribution >= 0.6 is 0 Å². The Balaban J connectivity index is 2.06. The smallest absolute Gasteiger partial charge is 0.242 e. The molecule has 1 aliphatic rings. The van der Waals surface area contributed by atoms with Gasteiger partial charge < -0.3 is 10.6 Å². The molecule has 1 unspecified atom stereocenters. The number of nitrogens with zero attached hydrogens (tertiary/aromatic N) is 2. The van der Waals surface area contributed by atoms with Gasteiger partial charge in [-0.15, -0.1) is 0 Å². The second-order valence-electron chi connectivity index (χ2n) is 5.18. The van der Waals surface area contributed by atoms with E-state index in [4.69, 9.17) is 5.73 Å². The Morgan fingerprint density at radius 3 is 2.80 bits per heavy atom. The lowest BCUT2D eigenvalue weighted by atomic mass is 10.3. The number of likely N-dealkylation sites (tertiary alicyclic amines) is 1. The van der Waals surface area contributed by atoms with Crippen LogP contribution in [-0.4, -0.2) is 44.0 Å². The molecule has 1 atom stereocenters. The van der Waals surface area contributed by atoms with Crippen molar-refractivity contribution in [3.05, 3.63) is 24.0 Å². The lowest BCUT2D eigenvalue weighted by Gasteiger charge is -2.21. The summed E-state index contributed by atoms with van der Waals surface area (Å²) in [6, 6.07) is 3.02. The summed E-state index contributed by atoms with van der Waals surface area (Å²) in [4.78, 5) is 6.47. The molecule has 1 aromatic rings. The Labute approximate surface area is 120 Å². The van der Waals surface area contributed by atoms with Crippen LogP contribution in [0.3, 0.4) is 0 Å². The van der Waals surface area contributed by atoms with E-state index in [1.165, 1.54) is 12.8 Å². The van der Waals surface area contributed by atoms with E-state index in [0.29, 0.717) is 5.69 Å². The molecule has 1 aromatic heterocycles. The number of rotatable bonds is 6. The summed E-state index contributed by atoms with van der Waals surface area (Å²) in [5, 5.41) is 0. The van der Waals surface area contributed by atoms with E-state index in [1.54, 1.807) is 18.3 Å². The van der Waals surface area contributed by atoms with E-state index in [-0.39, 0.29) is 17.5 Å². The fraction of sp³-hybridized carbons (Fsp3) is 0.615. The largest absolute Gasteiger partial charge is 0.325 e. The molecule has 0 aromatic carbocycles. The molecule has 1 fully saturated rings. The molecule has 7 heteroatoms. The van der Waals surface area contributed by atoms with Crippen molar-refractivity contribution in [3.63, 3.8) is 0 Å². The molecule has 6 nitrogen and oxygen atoms in total. The molecule has 1 saturated heterocycles. The second-order valence-corrected chi connectivity index (χ2v) is 6.86. The van der Waals surface area contributed by atoms with Crippen LogP contribution < -0.4 is 10.5 Å². The molecule has 0 aliphatic carbocycles. The predicted octanol–water partition coefficient (Wildman–Crippen LogP) is 0.303. The van der Waals surface area contributed by atoms with Gasteiger partial charge in [0.25, 0.3) is 0 Å². The van der Waals surface area contributed by atoms with Gasteiger partial charge in [0.2, 0.25) is 10.0 Å². The zero-order chi connectivity index (χ0) is 14.6. The van der Waals surface area contributed by atoms with Crippen LogP contribution in [-0.2, 0) is 16.6 Å². The Morgan fingerprint density at radius 2 is 2.15 bits per heavy atom. The van der Waals surface area contributed by atoms with E-state index >= 15 is 0 Å². The first-order chi connectivity index (χ1) is 9.53. The van der Waals surface area contributed by atoms with Crippen molar-refractivity contribution in [1.29, 1.82) is 0 Å². The lowest BCUT2D eigenvalue weighted by molar-refractivity contribution is 0.312. The number of hydrogen-bond acceptors (Lipinski definition) is 5. The Morgan fingerprint density at radius 1 is 1.45 bits per heavy atom. The van der Waals surface area contributed by atoms with Crippen LogP contribution in [0.5, 0.6) is 0 Å². The Bertz CT molecular complexity index is 541. The topological polar surface area (TPSA) is 88.3 Å². The maximum atomic E-state index is 12.4. The van der Waals surface area contributed by atoms with Crippen molar-refractivity contribution in [2.45, 2.75) is 37.2 Å². The summed E-state index contributed by atoms with van der Waals surface area (Å²) in [7, 11) is -3.56. The number of hydrogen-bond donors (Lipinski definition) is 2. The van der Waals surface area contributed by atoms with Crippen LogP contribution in [0.2, 0.25) is 0 Å². The van der Waals surface area contributed by atoms with Crippen molar-refractivity contribution in [1.82, 2.24) is 14.6 Å². The average Bonchev–Trinajstić information content (AvgIpc) is 2.90. The highest BCUT2D eigenvalue weighted by Gasteiger charge is 2.22. The van der Waals surface area contributed by atoms with E-state index in [9.17, 15) is 8.42 Å². The SMILES string of the molecule is CC(CN1CCCC1)NS(=O)(=O)c1cccnc1CN. The van der Waals surface area contributed by atoms with Crippen LogP contribution in [0, 0.1) is 0 Å². The summed E-state index contributed by atoms with van der Waals surface area (Å²) < 4.78 is 27.5. The number of sulfonamides is 1. The van der Waals surface area contributed by atoms with E-state index in [1.807, 2.05) is 6.92 Å². The monoisotopic (exact) mass is 298 g/mol. The van der Waals surface area contributed by atoms with Crippen LogP contribution in [0.15, 0.2) is 23.2 Å². The number of nitrogens with two attached hydrogens (primary N) is 1. The minimum atomic E-state index is -3.56. The van der Waals surface area contributed by atoms with Crippen LogP contribution in [0.1, 0.15) is 25.5 Å². The maximum absolute atomic E-state index is 12.4. The molecular weight excluding hydrogens is 276 g/mol. The molecule has 0 radical (unpaired) electrons. The summed E-state index contributed by atoms with van der Waals surface area (Å²) in [5.41, 5.74) is 5.94. The zero-order valence-corrected chi connectivity index (χ0v) is 12.6. The molecule has 2 rings (SSSR count). The van der Waals surface area contributed by atoms with Crippen LogP contribution in [0.25, 0.3) is 0 Å². The lowest BCUT2D eigenvalue weighted by Crippen LogP contribution is -2.41. The van der Waals surface area contributed by atoms with Gasteiger partial charge >= 0.3 is 0 Å². The first-order valence-corrected chi connectivity index (χ1v) is 8.40. The van der Waals surface area contributed by atoms with Crippen molar-refractivity contribution in [2.24, 2.45) is 5.73 Å². The minimum Gasteiger partial charge on any atom is -0.325 e. The molecule has 0 bridgehead atoms. The van der Waals surface area contributed by atoms with E-state index in [2.05, 4.69) is 14.6 Å². The first kappa shape index (κ1) is 15.4. The van der Waals surface area contributed by atoms with Gasteiger partial charge in [-0.3, -0.25) is 4.98 Å². The van der Waals surface area contributed by atoms with Gasteiger partial charge in [-0.05, 0) is 45.0 Å². The van der Waals surface area contributed by atoms with Crippen LogP contribution in [0.4, 0.5) is 0 Å². The van der Waals surface area contributed by atoms with Gasteiger partial charge in [0.05, 0.1) is 5.69 Å². The molecule has 0 saturated carbocycles. The third-order valence-electron chi connectivity index (χ3n) is 3.42. The highest BCUT2D eigenvalue weighted by molar-refractivity contribution is 7.89. The standard InChI is InChI=1S/C13H22N4O2S/c1-11(10-17-7-2-3-8-17)16-20(18,19)13-5-4-6-15-12(13)9-14/h4-6,11,16H,2-3,7-10,14H2,1H3. The predicted molar refractivity (Wildman–Crippen MR) is 77.6 cm³/mol. The summed E-state index contributed by atoms with van der Waals surface area (Å²) in [6.07, 6.45) is 3.94.